The van der Waals surface area contributed by atoms with Crippen LogP contribution in [-0.2, 0) is 29.6 Å². The maximum absolute atomic E-state index is 12.6. The van der Waals surface area contributed by atoms with Crippen molar-refractivity contribution in [1.82, 2.24) is 4.31 Å². The Labute approximate surface area is 165 Å². The van der Waals surface area contributed by atoms with Crippen molar-refractivity contribution < 1.29 is 36.6 Å². The minimum Gasteiger partial charge on any atom is -0.504 e. The van der Waals surface area contributed by atoms with Crippen LogP contribution in [0.15, 0.2) is 24.6 Å². The number of sulfonamides is 2. The molecule has 1 saturated carbocycles. The Morgan fingerprint density at radius 2 is 2.07 bits per heavy atom. The first-order valence-electron chi connectivity index (χ1n) is 8.02. The van der Waals surface area contributed by atoms with Gasteiger partial charge in [-0.25, -0.2) is 13.2 Å². The topological polar surface area (TPSA) is 163 Å². The molecular formula is C14H17N3O8S3. The number of esters is 1. The zero-order valence-corrected chi connectivity index (χ0v) is 17.2. The van der Waals surface area contributed by atoms with Crippen LogP contribution in [0.5, 0.6) is 5.75 Å². The van der Waals surface area contributed by atoms with Gasteiger partial charge in [-0.15, -0.1) is 15.7 Å². The molecule has 0 aromatic carbocycles. The minimum absolute atomic E-state index is 0.120. The van der Waals surface area contributed by atoms with E-state index in [1.807, 2.05) is 0 Å². The van der Waals surface area contributed by atoms with Gasteiger partial charge in [-0.2, -0.15) is 12.7 Å². The second kappa shape index (κ2) is 7.02. The van der Waals surface area contributed by atoms with Crippen molar-refractivity contribution in [2.45, 2.75) is 30.0 Å². The van der Waals surface area contributed by atoms with Gasteiger partial charge < -0.3 is 20.3 Å². The molecule has 28 heavy (non-hydrogen) atoms. The Bertz CT molecular complexity index is 1100. The van der Waals surface area contributed by atoms with Crippen LogP contribution in [0.25, 0.3) is 0 Å². The first kappa shape index (κ1) is 20.6. The highest BCUT2D eigenvalue weighted by atomic mass is 32.2. The number of hydrogen-bond acceptors (Lipinski definition) is 9. The molecule has 14 heteroatoms. The number of nitrogens with zero attached hydrogens (tertiary/aromatic N) is 2. The number of ether oxygens (including phenoxy) is 1. The number of carbonyl (C=O) groups is 1. The van der Waals surface area contributed by atoms with Crippen LogP contribution in [0.2, 0.25) is 0 Å². The summed E-state index contributed by atoms with van der Waals surface area (Å²) in [5, 5.41) is 23.8. The normalized spacial score (nSPS) is 19.0. The van der Waals surface area contributed by atoms with Crippen LogP contribution in [-0.4, -0.2) is 62.9 Å². The lowest BCUT2D eigenvalue weighted by Crippen LogP contribution is -2.28. The first-order chi connectivity index (χ1) is 13.0. The molecule has 11 nitrogen and oxygen atoms in total. The summed E-state index contributed by atoms with van der Waals surface area (Å²) in [5.74, 6) is -2.91. The van der Waals surface area contributed by atoms with Gasteiger partial charge in [0.1, 0.15) is 5.70 Å². The minimum atomic E-state index is -4.50. The molecule has 154 valence electrons. The SMILES string of the molecule is CCOC(=O)C1=C(Nc2csc(S(=O)(=O)N(C)C3CC3)c2O)C(O)=NS1(=O)=O. The highest BCUT2D eigenvalue weighted by Gasteiger charge is 2.41. The summed E-state index contributed by atoms with van der Waals surface area (Å²) >= 11 is 0.709. The molecule has 1 aromatic heterocycles. The average molecular weight is 452 g/mol. The highest BCUT2D eigenvalue weighted by Crippen LogP contribution is 2.42. The molecule has 3 N–H and O–H groups in total. The monoisotopic (exact) mass is 451 g/mol. The molecule has 0 atom stereocenters. The Balaban J connectivity index is 1.99. The number of hydrogen-bond donors (Lipinski definition) is 3. The lowest BCUT2D eigenvalue weighted by molar-refractivity contribution is -0.137. The van der Waals surface area contributed by atoms with E-state index in [0.717, 1.165) is 17.1 Å². The molecule has 0 radical (unpaired) electrons. The van der Waals surface area contributed by atoms with Crippen molar-refractivity contribution in [2.75, 3.05) is 19.0 Å². The third kappa shape index (κ3) is 3.47. The number of aliphatic hydroxyl groups is 1. The third-order valence-corrected chi connectivity index (χ3v) is 8.74. The molecule has 1 aliphatic carbocycles. The van der Waals surface area contributed by atoms with Gasteiger partial charge in [0.2, 0.25) is 10.8 Å². The molecule has 0 spiro atoms. The van der Waals surface area contributed by atoms with Crippen molar-refractivity contribution in [2.24, 2.45) is 4.40 Å². The van der Waals surface area contributed by atoms with E-state index in [9.17, 15) is 31.8 Å². The van der Waals surface area contributed by atoms with E-state index in [2.05, 4.69) is 14.5 Å². The predicted octanol–water partition coefficient (Wildman–Crippen LogP) is 0.723. The number of nitrogens with one attached hydrogen (secondary N) is 1. The number of rotatable bonds is 7. The number of thiophene rings is 1. The van der Waals surface area contributed by atoms with Gasteiger partial charge in [-0.1, -0.05) is 0 Å². The molecular weight excluding hydrogens is 434 g/mol. The maximum atomic E-state index is 12.6. The van der Waals surface area contributed by atoms with E-state index in [4.69, 9.17) is 0 Å². The van der Waals surface area contributed by atoms with Gasteiger partial charge in [0.15, 0.2) is 9.96 Å². The van der Waals surface area contributed by atoms with Crippen LogP contribution >= 0.6 is 11.3 Å². The Kier molecular flexibility index (Phi) is 5.16. The summed E-state index contributed by atoms with van der Waals surface area (Å²) in [7, 11) is -7.05. The van der Waals surface area contributed by atoms with Crippen LogP contribution in [0.4, 0.5) is 5.69 Å². The van der Waals surface area contributed by atoms with Gasteiger partial charge in [-0.3, -0.25) is 0 Å². The quantitative estimate of drug-likeness (QED) is 0.507. The maximum Gasteiger partial charge on any atom is 0.354 e. The summed E-state index contributed by atoms with van der Waals surface area (Å²) in [4.78, 5) is 11.0. The molecule has 0 unspecified atom stereocenters. The molecule has 2 heterocycles. The van der Waals surface area contributed by atoms with Crippen LogP contribution in [0.3, 0.4) is 0 Å². The van der Waals surface area contributed by atoms with Crippen LogP contribution in [0.1, 0.15) is 19.8 Å². The molecule has 3 rings (SSSR count). The molecule has 0 amide bonds. The van der Waals surface area contributed by atoms with E-state index in [0.29, 0.717) is 11.3 Å². The Morgan fingerprint density at radius 3 is 2.64 bits per heavy atom. The largest absolute Gasteiger partial charge is 0.504 e. The van der Waals surface area contributed by atoms with E-state index >= 15 is 0 Å². The molecule has 1 aromatic rings. The van der Waals surface area contributed by atoms with Crippen molar-refractivity contribution >= 4 is 48.9 Å². The number of aliphatic hydroxyl groups excluding tert-OH is 1. The average Bonchev–Trinajstić information content (AvgIpc) is 3.32. The van der Waals surface area contributed by atoms with Crippen molar-refractivity contribution in [3.05, 3.63) is 16.0 Å². The smallest absolute Gasteiger partial charge is 0.354 e. The van der Waals surface area contributed by atoms with Crippen molar-refractivity contribution in [3.63, 3.8) is 0 Å². The summed E-state index contributed by atoms with van der Waals surface area (Å²) in [6.45, 7) is 1.34. The Hall–Kier alpha value is -2.16. The fourth-order valence-corrected chi connectivity index (χ4v) is 6.36. The van der Waals surface area contributed by atoms with Gasteiger partial charge in [-0.05, 0) is 19.8 Å². The molecule has 2 aliphatic rings. The summed E-state index contributed by atoms with van der Waals surface area (Å²) in [6, 6.07) is -0.128. The van der Waals surface area contributed by atoms with E-state index in [1.165, 1.54) is 19.4 Å². The lowest BCUT2D eigenvalue weighted by atomic mass is 10.3. The molecule has 1 aliphatic heterocycles. The predicted molar refractivity (Wildman–Crippen MR) is 100 cm³/mol. The number of anilines is 1. The van der Waals surface area contributed by atoms with Gasteiger partial charge in [0.25, 0.3) is 20.0 Å². The van der Waals surface area contributed by atoms with Crippen LogP contribution in [0, 0.1) is 0 Å². The van der Waals surface area contributed by atoms with E-state index in [1.54, 1.807) is 0 Å². The zero-order chi connectivity index (χ0) is 20.9. The second-order valence-corrected chi connectivity index (χ2v) is 10.6. The number of aromatic hydroxyl groups is 1. The zero-order valence-electron chi connectivity index (χ0n) is 14.7. The third-order valence-electron chi connectivity index (χ3n) is 4.04. The van der Waals surface area contributed by atoms with Crippen molar-refractivity contribution in [3.8, 4) is 5.75 Å². The first-order valence-corrected chi connectivity index (χ1v) is 11.8. The van der Waals surface area contributed by atoms with Crippen molar-refractivity contribution in [1.29, 1.82) is 0 Å². The fraction of sp³-hybridized carbons (Fsp3) is 0.429. The van der Waals surface area contributed by atoms with Crippen LogP contribution < -0.4 is 5.32 Å². The second-order valence-electron chi connectivity index (χ2n) is 5.98. The molecule has 0 saturated heterocycles. The lowest BCUT2D eigenvalue weighted by Gasteiger charge is -2.15. The van der Waals surface area contributed by atoms with E-state index < -0.39 is 48.3 Å². The standard InChI is InChI=1S/C14H17N3O8S3/c1-3-25-13(20)11-9(12(19)16-27(11,21)22)15-8-6-26-14(10(8)18)28(23,24)17(2)7-4-5-7/h6-7,15,18H,3-5H2,1-2H3,(H,16,19). The summed E-state index contributed by atoms with van der Waals surface area (Å²) in [6.07, 6.45) is 1.45. The summed E-state index contributed by atoms with van der Waals surface area (Å²) in [5.41, 5.74) is -0.811. The van der Waals surface area contributed by atoms with Gasteiger partial charge >= 0.3 is 5.97 Å². The Morgan fingerprint density at radius 1 is 1.43 bits per heavy atom. The van der Waals surface area contributed by atoms with Gasteiger partial charge in [0, 0.05) is 18.5 Å². The molecule has 0 bridgehead atoms. The highest BCUT2D eigenvalue weighted by molar-refractivity contribution is 7.95. The fourth-order valence-electron chi connectivity index (χ4n) is 2.46. The molecule has 1 fully saturated rings. The van der Waals surface area contributed by atoms with E-state index in [-0.39, 0.29) is 22.5 Å². The van der Waals surface area contributed by atoms with Gasteiger partial charge in [0.05, 0.1) is 12.3 Å². The number of carbonyl (C=O) groups excluding carboxylic acids is 1. The summed E-state index contributed by atoms with van der Waals surface area (Å²) < 4.78 is 57.7.